The number of amides is 1. The highest BCUT2D eigenvalue weighted by molar-refractivity contribution is 7.98. The first-order valence-corrected chi connectivity index (χ1v) is 11.6. The van der Waals surface area contributed by atoms with Crippen LogP contribution in [-0.4, -0.2) is 24.5 Å². The summed E-state index contributed by atoms with van der Waals surface area (Å²) in [5.41, 5.74) is 5.74. The van der Waals surface area contributed by atoms with Gasteiger partial charge in [-0.2, -0.15) is 11.8 Å². The molecule has 0 unspecified atom stereocenters. The average Bonchev–Trinajstić information content (AvgIpc) is 3.43. The Bertz CT molecular complexity index is 869. The number of thioether (sulfide) groups is 1. The number of carbonyl (C=O) groups excluding carboxylic acids is 1. The number of anilines is 1. The van der Waals surface area contributed by atoms with E-state index < -0.39 is 6.04 Å². The van der Waals surface area contributed by atoms with Crippen LogP contribution in [0.3, 0.4) is 0 Å². The maximum Gasteiger partial charge on any atom is 0.247 e. The third kappa shape index (κ3) is 4.65. The minimum absolute atomic E-state index is 0.0170. The van der Waals surface area contributed by atoms with Crippen LogP contribution in [0.5, 0.6) is 0 Å². The number of halogens is 1. The van der Waals surface area contributed by atoms with Gasteiger partial charge in [0.15, 0.2) is 0 Å². The molecule has 148 valence electrons. The summed E-state index contributed by atoms with van der Waals surface area (Å²) in [4.78, 5) is 13.0. The van der Waals surface area contributed by atoms with E-state index >= 15 is 0 Å². The molecule has 1 heterocycles. The Hall–Kier alpha value is -1.69. The molecule has 6 heteroatoms. The molecule has 3 N–H and O–H groups in total. The van der Waals surface area contributed by atoms with E-state index in [4.69, 9.17) is 11.6 Å². The molecule has 4 rings (SSSR count). The summed E-state index contributed by atoms with van der Waals surface area (Å²) >= 11 is 8.13. The normalized spacial score (nSPS) is 16.5. The summed E-state index contributed by atoms with van der Waals surface area (Å²) in [5.74, 6) is 1.46. The van der Waals surface area contributed by atoms with Gasteiger partial charge in [-0.25, -0.2) is 0 Å². The molecule has 2 aromatic rings. The Kier molecular flexibility index (Phi) is 6.14. The summed E-state index contributed by atoms with van der Waals surface area (Å²) in [6, 6.07) is 12.0. The van der Waals surface area contributed by atoms with Crippen molar-refractivity contribution in [3.8, 4) is 0 Å². The van der Waals surface area contributed by atoms with Gasteiger partial charge in [-0.15, -0.1) is 0 Å². The first-order chi connectivity index (χ1) is 13.6. The number of benzene rings is 2. The number of hydrogen-bond acceptors (Lipinski definition) is 4. The molecular weight excluding hydrogens is 390 g/mol. The van der Waals surface area contributed by atoms with E-state index in [1.54, 1.807) is 11.8 Å². The lowest BCUT2D eigenvalue weighted by Gasteiger charge is -2.21. The lowest BCUT2D eigenvalue weighted by atomic mass is 10.00. The first kappa shape index (κ1) is 19.6. The Morgan fingerprint density at radius 2 is 2.04 bits per heavy atom. The van der Waals surface area contributed by atoms with Crippen LogP contribution in [0, 0.1) is 0 Å². The van der Waals surface area contributed by atoms with Gasteiger partial charge in [0, 0.05) is 36.1 Å². The van der Waals surface area contributed by atoms with Crippen molar-refractivity contribution in [2.75, 3.05) is 23.9 Å². The fraction of sp³-hybridized carbons (Fsp3) is 0.409. The zero-order chi connectivity index (χ0) is 19.5. The zero-order valence-electron chi connectivity index (χ0n) is 16.1. The van der Waals surface area contributed by atoms with Crippen LogP contribution in [0.4, 0.5) is 5.69 Å². The molecule has 1 saturated carbocycles. The number of fused-ring (bicyclic) bond motifs is 1. The largest absolute Gasteiger partial charge is 0.370 e. The van der Waals surface area contributed by atoms with Crippen molar-refractivity contribution in [2.45, 2.75) is 37.9 Å². The highest BCUT2D eigenvalue weighted by Crippen LogP contribution is 2.42. The average molecular weight is 416 g/mol. The highest BCUT2D eigenvalue weighted by atomic mass is 35.5. The second kappa shape index (κ2) is 8.76. The fourth-order valence-corrected chi connectivity index (χ4v) is 4.24. The fourth-order valence-electron chi connectivity index (χ4n) is 3.68. The van der Waals surface area contributed by atoms with Crippen molar-refractivity contribution in [3.05, 3.63) is 63.7 Å². The Balaban J connectivity index is 1.61. The van der Waals surface area contributed by atoms with Crippen LogP contribution in [0.2, 0.25) is 5.02 Å². The first-order valence-electron chi connectivity index (χ1n) is 9.80. The van der Waals surface area contributed by atoms with E-state index in [9.17, 15) is 4.79 Å². The second-order valence-corrected chi connectivity index (χ2v) is 8.96. The van der Waals surface area contributed by atoms with Crippen LogP contribution in [0.15, 0.2) is 36.4 Å². The van der Waals surface area contributed by atoms with E-state index in [2.05, 4.69) is 40.2 Å². The standard InChI is InChI=1S/C22H26ClN3OS/c1-28-7-6-25-22(27)21(17-8-16(14-2-3-14)9-19(23)10-17)26-20-5-4-15-12-24-13-18(15)11-20/h4-5,8-11,14,21,24,26H,2-3,6-7,12-13H2,1H3,(H,25,27)/t21-/m1/s1. The van der Waals surface area contributed by atoms with Gasteiger partial charge in [0.1, 0.15) is 6.04 Å². The predicted octanol–water partition coefficient (Wildman–Crippen LogP) is 4.45. The van der Waals surface area contributed by atoms with Crippen molar-refractivity contribution < 1.29 is 4.79 Å². The Morgan fingerprint density at radius 1 is 1.21 bits per heavy atom. The van der Waals surface area contributed by atoms with Gasteiger partial charge in [0.2, 0.25) is 5.91 Å². The molecule has 1 aliphatic heterocycles. The highest BCUT2D eigenvalue weighted by Gasteiger charge is 2.27. The van der Waals surface area contributed by atoms with Crippen molar-refractivity contribution >= 4 is 35.0 Å². The molecule has 28 heavy (non-hydrogen) atoms. The molecule has 2 aliphatic rings. The predicted molar refractivity (Wildman–Crippen MR) is 118 cm³/mol. The van der Waals surface area contributed by atoms with Crippen LogP contribution in [0.1, 0.15) is 47.1 Å². The quantitative estimate of drug-likeness (QED) is 0.557. The number of rotatable bonds is 8. The molecule has 2 aromatic carbocycles. The molecule has 0 aromatic heterocycles. The summed E-state index contributed by atoms with van der Waals surface area (Å²) in [6.07, 6.45) is 4.45. The topological polar surface area (TPSA) is 53.2 Å². The molecule has 1 atom stereocenters. The summed E-state index contributed by atoms with van der Waals surface area (Å²) in [7, 11) is 0. The molecule has 1 fully saturated rings. The third-order valence-corrected chi connectivity index (χ3v) is 6.17. The van der Waals surface area contributed by atoms with E-state index in [1.807, 2.05) is 18.4 Å². The molecule has 0 spiro atoms. The number of hydrogen-bond donors (Lipinski definition) is 3. The summed E-state index contributed by atoms with van der Waals surface area (Å²) in [6.45, 7) is 2.44. The lowest BCUT2D eigenvalue weighted by Crippen LogP contribution is -2.35. The maximum atomic E-state index is 13.0. The van der Waals surface area contributed by atoms with Gasteiger partial charge in [0.25, 0.3) is 0 Å². The molecule has 1 aliphatic carbocycles. The van der Waals surface area contributed by atoms with Gasteiger partial charge in [-0.3, -0.25) is 4.79 Å². The van der Waals surface area contributed by atoms with Gasteiger partial charge >= 0.3 is 0 Å². The third-order valence-electron chi connectivity index (χ3n) is 5.34. The van der Waals surface area contributed by atoms with E-state index in [0.717, 1.165) is 30.1 Å². The van der Waals surface area contributed by atoms with Crippen molar-refractivity contribution in [1.29, 1.82) is 0 Å². The smallest absolute Gasteiger partial charge is 0.247 e. The lowest BCUT2D eigenvalue weighted by molar-refractivity contribution is -0.121. The van der Waals surface area contributed by atoms with Crippen molar-refractivity contribution in [3.63, 3.8) is 0 Å². The maximum absolute atomic E-state index is 13.0. The van der Waals surface area contributed by atoms with E-state index in [0.29, 0.717) is 17.5 Å². The number of nitrogens with one attached hydrogen (secondary N) is 3. The minimum Gasteiger partial charge on any atom is -0.370 e. The van der Waals surface area contributed by atoms with Crippen LogP contribution >= 0.6 is 23.4 Å². The van der Waals surface area contributed by atoms with Crippen molar-refractivity contribution in [1.82, 2.24) is 10.6 Å². The molecule has 0 saturated heterocycles. The number of carbonyl (C=O) groups is 1. The molecular formula is C22H26ClN3OS. The molecule has 0 bridgehead atoms. The Morgan fingerprint density at radius 3 is 2.82 bits per heavy atom. The van der Waals surface area contributed by atoms with Crippen LogP contribution in [0.25, 0.3) is 0 Å². The van der Waals surface area contributed by atoms with Gasteiger partial charge in [-0.1, -0.05) is 23.7 Å². The van der Waals surface area contributed by atoms with Gasteiger partial charge in [0.05, 0.1) is 0 Å². The zero-order valence-corrected chi connectivity index (χ0v) is 17.6. The van der Waals surface area contributed by atoms with Crippen LogP contribution < -0.4 is 16.0 Å². The minimum atomic E-state index is -0.467. The van der Waals surface area contributed by atoms with E-state index in [-0.39, 0.29) is 5.91 Å². The van der Waals surface area contributed by atoms with Crippen molar-refractivity contribution in [2.24, 2.45) is 0 Å². The monoisotopic (exact) mass is 415 g/mol. The second-order valence-electron chi connectivity index (χ2n) is 7.54. The molecule has 4 nitrogen and oxygen atoms in total. The van der Waals surface area contributed by atoms with E-state index in [1.165, 1.54) is 29.5 Å². The van der Waals surface area contributed by atoms with Gasteiger partial charge in [-0.05, 0) is 71.5 Å². The molecule has 0 radical (unpaired) electrons. The Labute approximate surface area is 175 Å². The summed E-state index contributed by atoms with van der Waals surface area (Å²) < 4.78 is 0. The molecule has 1 amide bonds. The van der Waals surface area contributed by atoms with Gasteiger partial charge < -0.3 is 16.0 Å². The SMILES string of the molecule is CSCCNC(=O)[C@H](Nc1ccc2c(c1)CNC2)c1cc(Cl)cc(C2CC2)c1. The van der Waals surface area contributed by atoms with Crippen LogP contribution in [-0.2, 0) is 17.9 Å². The summed E-state index contributed by atoms with van der Waals surface area (Å²) in [5, 5.41) is 10.6.